The molecule has 17 heavy (non-hydrogen) atoms. The Morgan fingerprint density at radius 3 is 2.35 bits per heavy atom. The molecule has 0 radical (unpaired) electrons. The summed E-state index contributed by atoms with van der Waals surface area (Å²) in [5, 5.41) is 9.50. The zero-order valence-corrected chi connectivity index (χ0v) is 11.4. The van der Waals surface area contributed by atoms with Crippen LogP contribution in [0.1, 0.15) is 65.2 Å². The number of hydrogen-bond donors (Lipinski definition) is 1. The smallest absolute Gasteiger partial charge is 0.323 e. The molecule has 1 aliphatic rings. The highest BCUT2D eigenvalue weighted by molar-refractivity contribution is 5.78. The zero-order valence-electron chi connectivity index (χ0n) is 11.4. The molecule has 0 aromatic heterocycles. The number of carbonyl (C=O) groups is 1. The first kappa shape index (κ1) is 14.5. The van der Waals surface area contributed by atoms with E-state index in [9.17, 15) is 9.90 Å². The first-order valence-corrected chi connectivity index (χ1v) is 7.09. The summed E-state index contributed by atoms with van der Waals surface area (Å²) in [5.74, 6) is -0.643. The van der Waals surface area contributed by atoms with Crippen molar-refractivity contribution in [3.05, 3.63) is 0 Å². The van der Waals surface area contributed by atoms with Gasteiger partial charge in [-0.3, -0.25) is 9.69 Å². The average Bonchev–Trinajstić information content (AvgIpc) is 2.35. The van der Waals surface area contributed by atoms with Crippen molar-refractivity contribution in [2.45, 2.75) is 70.8 Å². The van der Waals surface area contributed by atoms with Crippen molar-refractivity contribution >= 4 is 5.97 Å². The van der Waals surface area contributed by atoms with E-state index in [1.165, 1.54) is 19.3 Å². The van der Waals surface area contributed by atoms with E-state index < -0.39 is 11.5 Å². The normalized spacial score (nSPS) is 21.1. The minimum Gasteiger partial charge on any atom is -0.480 e. The second-order valence-electron chi connectivity index (χ2n) is 5.44. The lowest BCUT2D eigenvalue weighted by atomic mass is 9.90. The molecular formula is C14H27NO2. The quantitative estimate of drug-likeness (QED) is 0.695. The van der Waals surface area contributed by atoms with E-state index in [0.717, 1.165) is 45.2 Å². The molecule has 100 valence electrons. The van der Waals surface area contributed by atoms with Crippen LogP contribution in [0.3, 0.4) is 0 Å². The van der Waals surface area contributed by atoms with Crippen LogP contribution in [-0.2, 0) is 4.79 Å². The third-order valence-electron chi connectivity index (χ3n) is 4.03. The topological polar surface area (TPSA) is 40.5 Å². The van der Waals surface area contributed by atoms with Crippen LogP contribution in [0.2, 0.25) is 0 Å². The monoisotopic (exact) mass is 241 g/mol. The summed E-state index contributed by atoms with van der Waals surface area (Å²) in [4.78, 5) is 13.7. The highest BCUT2D eigenvalue weighted by Gasteiger charge is 2.39. The van der Waals surface area contributed by atoms with Crippen LogP contribution in [0.5, 0.6) is 0 Å². The number of hydrogen-bond acceptors (Lipinski definition) is 2. The van der Waals surface area contributed by atoms with Crippen molar-refractivity contribution in [2.75, 3.05) is 13.1 Å². The molecule has 0 spiro atoms. The maximum absolute atomic E-state index is 11.5. The van der Waals surface area contributed by atoms with Gasteiger partial charge in [-0.2, -0.15) is 0 Å². The summed E-state index contributed by atoms with van der Waals surface area (Å²) in [7, 11) is 0. The molecule has 1 fully saturated rings. The second-order valence-corrected chi connectivity index (χ2v) is 5.44. The minimum atomic E-state index is -0.643. The Morgan fingerprint density at radius 1 is 1.18 bits per heavy atom. The molecule has 0 aromatic rings. The molecule has 1 aliphatic heterocycles. The van der Waals surface area contributed by atoms with E-state index in [1.807, 2.05) is 6.92 Å². The number of aliphatic carboxylic acids is 1. The number of piperidine rings is 1. The van der Waals surface area contributed by atoms with Gasteiger partial charge in [-0.15, -0.1) is 0 Å². The zero-order chi connectivity index (χ0) is 12.7. The molecule has 0 saturated carbocycles. The van der Waals surface area contributed by atoms with E-state index in [2.05, 4.69) is 11.8 Å². The van der Waals surface area contributed by atoms with Crippen LogP contribution < -0.4 is 0 Å². The molecule has 3 nitrogen and oxygen atoms in total. The van der Waals surface area contributed by atoms with Crippen molar-refractivity contribution in [2.24, 2.45) is 0 Å². The van der Waals surface area contributed by atoms with Gasteiger partial charge in [0, 0.05) is 0 Å². The van der Waals surface area contributed by atoms with Crippen molar-refractivity contribution in [3.63, 3.8) is 0 Å². The number of likely N-dealkylation sites (tertiary alicyclic amines) is 1. The van der Waals surface area contributed by atoms with E-state index in [1.54, 1.807) is 0 Å². The van der Waals surface area contributed by atoms with Gasteiger partial charge in [-0.25, -0.2) is 0 Å². The van der Waals surface area contributed by atoms with Crippen LogP contribution in [-0.4, -0.2) is 34.6 Å². The van der Waals surface area contributed by atoms with Crippen LogP contribution in [0.4, 0.5) is 0 Å². The van der Waals surface area contributed by atoms with E-state index in [-0.39, 0.29) is 0 Å². The van der Waals surface area contributed by atoms with Gasteiger partial charge in [-0.1, -0.05) is 39.0 Å². The lowest BCUT2D eigenvalue weighted by Gasteiger charge is -2.40. The maximum Gasteiger partial charge on any atom is 0.323 e. The highest BCUT2D eigenvalue weighted by Crippen LogP contribution is 2.26. The summed E-state index contributed by atoms with van der Waals surface area (Å²) in [5.41, 5.74) is -0.631. The van der Waals surface area contributed by atoms with Crippen molar-refractivity contribution in [3.8, 4) is 0 Å². The lowest BCUT2D eigenvalue weighted by molar-refractivity contribution is -0.152. The van der Waals surface area contributed by atoms with Gasteiger partial charge >= 0.3 is 5.97 Å². The van der Waals surface area contributed by atoms with Gasteiger partial charge < -0.3 is 5.11 Å². The van der Waals surface area contributed by atoms with Crippen LogP contribution in [0.25, 0.3) is 0 Å². The van der Waals surface area contributed by atoms with Crippen molar-refractivity contribution in [1.29, 1.82) is 0 Å². The predicted molar refractivity (Wildman–Crippen MR) is 70.2 cm³/mol. The summed E-state index contributed by atoms with van der Waals surface area (Å²) in [6, 6.07) is 0. The van der Waals surface area contributed by atoms with Crippen molar-refractivity contribution < 1.29 is 9.90 Å². The number of carboxylic acids is 1. The second kappa shape index (κ2) is 7.00. The van der Waals surface area contributed by atoms with Crippen molar-refractivity contribution in [1.82, 2.24) is 4.90 Å². The molecule has 3 heteroatoms. The van der Waals surface area contributed by atoms with Gasteiger partial charge in [0.25, 0.3) is 0 Å². The molecule has 0 amide bonds. The Kier molecular flexibility index (Phi) is 5.96. The summed E-state index contributed by atoms with van der Waals surface area (Å²) < 4.78 is 0. The van der Waals surface area contributed by atoms with Gasteiger partial charge in [-0.05, 0) is 39.3 Å². The minimum absolute atomic E-state index is 0.631. The summed E-state index contributed by atoms with van der Waals surface area (Å²) >= 11 is 0. The Morgan fingerprint density at radius 2 is 1.82 bits per heavy atom. The third-order valence-corrected chi connectivity index (χ3v) is 4.03. The van der Waals surface area contributed by atoms with Gasteiger partial charge in [0.05, 0.1) is 0 Å². The molecule has 0 aliphatic carbocycles. The van der Waals surface area contributed by atoms with Gasteiger partial charge in [0.15, 0.2) is 0 Å². The fourth-order valence-electron chi connectivity index (χ4n) is 2.68. The summed E-state index contributed by atoms with van der Waals surface area (Å²) in [6.45, 7) is 6.00. The number of rotatable bonds is 7. The molecular weight excluding hydrogens is 214 g/mol. The fraction of sp³-hybridized carbons (Fsp3) is 0.929. The lowest BCUT2D eigenvalue weighted by Crippen LogP contribution is -2.54. The molecule has 0 aromatic carbocycles. The highest BCUT2D eigenvalue weighted by atomic mass is 16.4. The molecule has 1 saturated heterocycles. The number of unbranched alkanes of at least 4 members (excludes halogenated alkanes) is 3. The Labute approximate surface area is 105 Å². The molecule has 0 bridgehead atoms. The van der Waals surface area contributed by atoms with Crippen LogP contribution in [0, 0.1) is 0 Å². The fourth-order valence-corrected chi connectivity index (χ4v) is 2.68. The SMILES string of the molecule is CCCCCC[C@](C)(C(=O)O)N1CCCCC1. The Balaban J connectivity index is 2.51. The third kappa shape index (κ3) is 3.98. The van der Waals surface area contributed by atoms with E-state index in [0.29, 0.717) is 0 Å². The van der Waals surface area contributed by atoms with Crippen LogP contribution in [0.15, 0.2) is 0 Å². The standard InChI is InChI=1S/C14H27NO2/c1-3-4-5-7-10-14(2,13(16)17)15-11-8-6-9-12-15/h3-12H2,1-2H3,(H,16,17)/t14-/m1/s1. The van der Waals surface area contributed by atoms with Gasteiger partial charge in [0.1, 0.15) is 5.54 Å². The number of carboxylic acid groups (broad SMARTS) is 1. The predicted octanol–water partition coefficient (Wildman–Crippen LogP) is 3.29. The van der Waals surface area contributed by atoms with E-state index in [4.69, 9.17) is 0 Å². The molecule has 1 N–H and O–H groups in total. The Hall–Kier alpha value is -0.570. The Bertz CT molecular complexity index is 236. The molecule has 1 atom stereocenters. The van der Waals surface area contributed by atoms with Crippen LogP contribution >= 0.6 is 0 Å². The molecule has 1 rings (SSSR count). The average molecular weight is 241 g/mol. The number of nitrogens with zero attached hydrogens (tertiary/aromatic N) is 1. The maximum atomic E-state index is 11.5. The molecule has 0 unspecified atom stereocenters. The van der Waals surface area contributed by atoms with Gasteiger partial charge in [0.2, 0.25) is 0 Å². The first-order valence-electron chi connectivity index (χ1n) is 7.09. The first-order chi connectivity index (χ1) is 8.11. The summed E-state index contributed by atoms with van der Waals surface area (Å²) in [6.07, 6.45) is 8.96. The molecule has 1 heterocycles. The largest absolute Gasteiger partial charge is 0.480 e. The van der Waals surface area contributed by atoms with E-state index >= 15 is 0 Å².